The molecule has 28 heavy (non-hydrogen) atoms. The summed E-state index contributed by atoms with van der Waals surface area (Å²) in [4.78, 5) is 33.5. The fourth-order valence-electron chi connectivity index (χ4n) is 2.38. The van der Waals surface area contributed by atoms with E-state index in [-0.39, 0.29) is 29.0 Å². The van der Waals surface area contributed by atoms with Gasteiger partial charge in [-0.1, -0.05) is 23.5 Å². The minimum Gasteiger partial charge on any atom is -0.333 e. The van der Waals surface area contributed by atoms with Gasteiger partial charge in [-0.15, -0.1) is 11.8 Å². The molecule has 0 aliphatic carbocycles. The minimum absolute atomic E-state index is 0.0389. The Morgan fingerprint density at radius 2 is 1.93 bits per heavy atom. The molecule has 0 aliphatic heterocycles. The van der Waals surface area contributed by atoms with Crippen molar-refractivity contribution in [3.8, 4) is 10.7 Å². The van der Waals surface area contributed by atoms with E-state index in [4.69, 9.17) is 0 Å². The highest BCUT2D eigenvalue weighted by molar-refractivity contribution is 8.00. The first-order valence-electron chi connectivity index (χ1n) is 8.31. The monoisotopic (exact) mass is 419 g/mol. The van der Waals surface area contributed by atoms with Crippen LogP contribution >= 0.6 is 23.1 Å². The Hall–Kier alpha value is -2.72. The first kappa shape index (κ1) is 20.0. The van der Waals surface area contributed by atoms with E-state index in [2.05, 4.69) is 20.6 Å². The lowest BCUT2D eigenvalue weighted by molar-refractivity contribution is -0.114. The number of thioether (sulfide) groups is 1. The molecule has 7 nitrogen and oxygen atoms in total. The minimum atomic E-state index is -0.499. The van der Waals surface area contributed by atoms with Gasteiger partial charge in [0.25, 0.3) is 0 Å². The number of carbonyl (C=O) groups excluding carboxylic acids is 2. The Balaban J connectivity index is 1.48. The normalized spacial score (nSPS) is 10.7. The number of carbonyl (C=O) groups is 2. The maximum absolute atomic E-state index is 13.5. The van der Waals surface area contributed by atoms with Gasteiger partial charge in [0.05, 0.1) is 27.8 Å². The quantitative estimate of drug-likeness (QED) is 0.613. The largest absolute Gasteiger partial charge is 0.333 e. The first-order valence-corrected chi connectivity index (χ1v) is 10.3. The molecule has 0 radical (unpaired) electrons. The van der Waals surface area contributed by atoms with Crippen LogP contribution < -0.4 is 10.6 Å². The number of rotatable bonds is 7. The zero-order valence-corrected chi connectivity index (χ0v) is 16.9. The summed E-state index contributed by atoms with van der Waals surface area (Å²) in [6.45, 7) is 1.86. The van der Waals surface area contributed by atoms with Gasteiger partial charge in [0.15, 0.2) is 11.0 Å². The Morgan fingerprint density at radius 1 is 1.21 bits per heavy atom. The maximum atomic E-state index is 13.5. The number of benzene rings is 1. The van der Waals surface area contributed by atoms with Crippen molar-refractivity contribution in [1.29, 1.82) is 0 Å². The number of nitrogens with zero attached hydrogens (tertiary/aromatic N) is 3. The number of aromatic nitrogens is 3. The van der Waals surface area contributed by atoms with E-state index in [0.29, 0.717) is 5.13 Å². The van der Waals surface area contributed by atoms with Crippen molar-refractivity contribution in [2.45, 2.75) is 6.92 Å². The number of aryl methyl sites for hydroxylation is 2. The van der Waals surface area contributed by atoms with Crippen molar-refractivity contribution in [3.63, 3.8) is 0 Å². The molecule has 0 atom stereocenters. The van der Waals surface area contributed by atoms with Crippen molar-refractivity contribution < 1.29 is 14.0 Å². The Bertz CT molecular complexity index is 1000. The number of nitrogens with one attached hydrogen (secondary N) is 2. The zero-order valence-electron chi connectivity index (χ0n) is 15.2. The van der Waals surface area contributed by atoms with Crippen LogP contribution in [0.2, 0.25) is 0 Å². The molecule has 2 N–H and O–H groups in total. The third kappa shape index (κ3) is 4.96. The number of para-hydroxylation sites is 1. The van der Waals surface area contributed by atoms with Crippen LogP contribution in [0.15, 0.2) is 36.7 Å². The van der Waals surface area contributed by atoms with Gasteiger partial charge < -0.3 is 15.2 Å². The molecule has 2 aromatic heterocycles. The van der Waals surface area contributed by atoms with Crippen LogP contribution in [0.25, 0.3) is 10.7 Å². The second kappa shape index (κ2) is 8.98. The molecule has 0 spiro atoms. The van der Waals surface area contributed by atoms with Crippen LogP contribution in [0.5, 0.6) is 0 Å². The van der Waals surface area contributed by atoms with Gasteiger partial charge in [0, 0.05) is 19.4 Å². The molecule has 2 heterocycles. The van der Waals surface area contributed by atoms with Gasteiger partial charge in [0.1, 0.15) is 5.82 Å². The molecule has 10 heteroatoms. The molecular weight excluding hydrogens is 401 g/mol. The number of halogens is 1. The number of hydrogen-bond donors (Lipinski definition) is 2. The lowest BCUT2D eigenvalue weighted by atomic mass is 10.3. The molecule has 0 unspecified atom stereocenters. The van der Waals surface area contributed by atoms with E-state index in [9.17, 15) is 14.0 Å². The van der Waals surface area contributed by atoms with Gasteiger partial charge in [-0.3, -0.25) is 9.59 Å². The molecular formula is C18H18FN5O2S2. The Labute approximate surface area is 169 Å². The van der Waals surface area contributed by atoms with E-state index < -0.39 is 5.82 Å². The van der Waals surface area contributed by atoms with Crippen molar-refractivity contribution in [1.82, 2.24) is 14.5 Å². The second-order valence-corrected chi connectivity index (χ2v) is 7.85. The molecule has 0 bridgehead atoms. The molecule has 0 aliphatic rings. The van der Waals surface area contributed by atoms with Gasteiger partial charge in [0.2, 0.25) is 11.8 Å². The van der Waals surface area contributed by atoms with Crippen molar-refractivity contribution >= 4 is 45.7 Å². The summed E-state index contributed by atoms with van der Waals surface area (Å²) in [7, 11) is 1.89. The van der Waals surface area contributed by atoms with Crippen LogP contribution in [0, 0.1) is 12.7 Å². The third-order valence-electron chi connectivity index (χ3n) is 3.68. The Kier molecular flexibility index (Phi) is 6.42. The first-order chi connectivity index (χ1) is 13.4. The standard InChI is InChI=1S/C18H18FN5O2S2/c1-11-16(17-20-7-8-24(17)2)28-18(21-11)23-15(26)10-27-9-14(25)22-13-6-4-3-5-12(13)19/h3-8H,9-10H2,1-2H3,(H,22,25)(H,21,23,26). The predicted octanol–water partition coefficient (Wildman–Crippen LogP) is 3.30. The molecule has 3 rings (SSSR count). The number of anilines is 2. The van der Waals surface area contributed by atoms with Crippen LogP contribution in [0.3, 0.4) is 0 Å². The summed E-state index contributed by atoms with van der Waals surface area (Å²) in [5.74, 6) is -0.220. The topological polar surface area (TPSA) is 88.9 Å². The van der Waals surface area contributed by atoms with Gasteiger partial charge in [-0.2, -0.15) is 0 Å². The molecule has 3 aromatic rings. The second-order valence-electron chi connectivity index (χ2n) is 5.86. The predicted molar refractivity (Wildman–Crippen MR) is 110 cm³/mol. The molecule has 0 fully saturated rings. The summed E-state index contributed by atoms with van der Waals surface area (Å²) < 4.78 is 15.4. The summed E-state index contributed by atoms with van der Waals surface area (Å²) in [6, 6.07) is 5.93. The number of thiazole rings is 1. The van der Waals surface area contributed by atoms with E-state index >= 15 is 0 Å². The van der Waals surface area contributed by atoms with E-state index in [1.165, 1.54) is 23.5 Å². The highest BCUT2D eigenvalue weighted by atomic mass is 32.2. The fourth-order valence-corrected chi connectivity index (χ4v) is 4.02. The third-order valence-corrected chi connectivity index (χ3v) is 5.68. The summed E-state index contributed by atoms with van der Waals surface area (Å²) in [6.07, 6.45) is 3.55. The van der Waals surface area contributed by atoms with Crippen molar-refractivity contribution in [3.05, 3.63) is 48.2 Å². The Morgan fingerprint density at radius 3 is 2.61 bits per heavy atom. The molecule has 0 saturated carbocycles. The molecule has 2 amide bonds. The zero-order chi connectivity index (χ0) is 20.1. The SMILES string of the molecule is Cc1nc(NC(=O)CSCC(=O)Nc2ccccc2F)sc1-c1nccn1C. The highest BCUT2D eigenvalue weighted by Crippen LogP contribution is 2.31. The number of imidazole rings is 1. The lowest BCUT2D eigenvalue weighted by Gasteiger charge is -2.06. The fraction of sp³-hybridized carbons (Fsp3) is 0.222. The van der Waals surface area contributed by atoms with E-state index in [1.807, 2.05) is 24.7 Å². The van der Waals surface area contributed by atoms with E-state index in [1.54, 1.807) is 18.3 Å². The lowest BCUT2D eigenvalue weighted by Crippen LogP contribution is -2.18. The van der Waals surface area contributed by atoms with Crippen LogP contribution in [0.4, 0.5) is 15.2 Å². The average molecular weight is 420 g/mol. The van der Waals surface area contributed by atoms with Gasteiger partial charge in [-0.05, 0) is 19.1 Å². The number of hydrogen-bond acceptors (Lipinski definition) is 6. The van der Waals surface area contributed by atoms with Crippen LogP contribution in [-0.2, 0) is 16.6 Å². The highest BCUT2D eigenvalue weighted by Gasteiger charge is 2.15. The molecule has 146 valence electrons. The summed E-state index contributed by atoms with van der Waals surface area (Å²) in [5.41, 5.74) is 0.907. The van der Waals surface area contributed by atoms with Crippen molar-refractivity contribution in [2.24, 2.45) is 7.05 Å². The summed E-state index contributed by atoms with van der Waals surface area (Å²) in [5, 5.41) is 5.70. The number of amides is 2. The van der Waals surface area contributed by atoms with Gasteiger partial charge in [-0.25, -0.2) is 14.4 Å². The van der Waals surface area contributed by atoms with Gasteiger partial charge >= 0.3 is 0 Å². The van der Waals surface area contributed by atoms with Crippen LogP contribution in [-0.4, -0.2) is 37.9 Å². The smallest absolute Gasteiger partial charge is 0.236 e. The summed E-state index contributed by atoms with van der Waals surface area (Å²) >= 11 is 2.49. The van der Waals surface area contributed by atoms with Crippen LogP contribution in [0.1, 0.15) is 5.69 Å². The van der Waals surface area contributed by atoms with E-state index in [0.717, 1.165) is 28.2 Å². The average Bonchev–Trinajstić information content (AvgIpc) is 3.22. The molecule has 0 saturated heterocycles. The molecule has 1 aromatic carbocycles. The van der Waals surface area contributed by atoms with Crippen molar-refractivity contribution in [2.75, 3.05) is 22.1 Å². The maximum Gasteiger partial charge on any atom is 0.236 e.